The normalized spacial score (nSPS) is 20.2. The second-order valence-corrected chi connectivity index (χ2v) is 10.8. The van der Waals surface area contributed by atoms with Gasteiger partial charge < -0.3 is 19.4 Å². The molecule has 1 saturated heterocycles. The van der Waals surface area contributed by atoms with Crippen LogP contribution in [0.4, 0.5) is 10.7 Å². The molecule has 1 aliphatic carbocycles. The van der Waals surface area contributed by atoms with E-state index in [2.05, 4.69) is 43.8 Å². The Labute approximate surface area is 238 Å². The van der Waals surface area contributed by atoms with Crippen LogP contribution >= 0.6 is 11.6 Å². The minimum absolute atomic E-state index is 0.0232. The van der Waals surface area contributed by atoms with Crippen molar-refractivity contribution in [3.63, 3.8) is 0 Å². The first kappa shape index (κ1) is 26.3. The van der Waals surface area contributed by atoms with E-state index in [-0.39, 0.29) is 30.2 Å². The largest absolute Gasteiger partial charge is 0.490 e. The number of carbonyl (C=O) groups excluding carboxylic acids is 1. The summed E-state index contributed by atoms with van der Waals surface area (Å²) in [7, 11) is 0. The van der Waals surface area contributed by atoms with Crippen molar-refractivity contribution in [2.45, 2.75) is 50.1 Å². The molecule has 1 unspecified atom stereocenters. The highest BCUT2D eigenvalue weighted by Crippen LogP contribution is 2.34. The lowest BCUT2D eigenvalue weighted by atomic mass is 9.92. The quantitative estimate of drug-likeness (QED) is 0.382. The van der Waals surface area contributed by atoms with Gasteiger partial charge in [0.2, 0.25) is 5.95 Å². The summed E-state index contributed by atoms with van der Waals surface area (Å²) >= 11 is 6.46. The average molecular weight is 558 g/mol. The molecule has 1 N–H and O–H groups in total. The molecule has 6 rings (SSSR count). The first-order chi connectivity index (χ1) is 19.6. The maximum atomic E-state index is 13.2. The lowest BCUT2D eigenvalue weighted by Crippen LogP contribution is -2.42. The van der Waals surface area contributed by atoms with Crippen LogP contribution in [-0.4, -0.2) is 63.7 Å². The van der Waals surface area contributed by atoms with E-state index in [1.54, 1.807) is 24.2 Å². The van der Waals surface area contributed by atoms with E-state index >= 15 is 0 Å². The molecule has 1 aromatic carbocycles. The van der Waals surface area contributed by atoms with Crippen molar-refractivity contribution in [2.75, 3.05) is 31.1 Å². The van der Waals surface area contributed by atoms with Gasteiger partial charge >= 0.3 is 6.09 Å². The molecular formula is C31H32ClN5O3. The minimum Gasteiger partial charge on any atom is -0.490 e. The Bertz CT molecular complexity index is 1540. The second-order valence-electron chi connectivity index (χ2n) is 10.2. The molecule has 1 fully saturated rings. The molecule has 2 aromatic heterocycles. The molecule has 0 bridgehead atoms. The number of nitrogens with one attached hydrogen (secondary N) is 1. The summed E-state index contributed by atoms with van der Waals surface area (Å²) in [6.45, 7) is 4.06. The van der Waals surface area contributed by atoms with Crippen molar-refractivity contribution in [3.05, 3.63) is 70.1 Å². The van der Waals surface area contributed by atoms with Crippen LogP contribution in [0.25, 0.3) is 12.2 Å². The Hall–Kier alpha value is -3.96. The Morgan fingerprint density at radius 1 is 1.15 bits per heavy atom. The van der Waals surface area contributed by atoms with Gasteiger partial charge in [0.05, 0.1) is 5.38 Å². The number of alkyl halides is 1. The van der Waals surface area contributed by atoms with Crippen molar-refractivity contribution < 1.29 is 14.3 Å². The summed E-state index contributed by atoms with van der Waals surface area (Å²) in [6.07, 6.45) is 10.9. The number of ether oxygens (including phenoxy) is 2. The zero-order valence-corrected chi connectivity index (χ0v) is 23.2. The van der Waals surface area contributed by atoms with E-state index in [9.17, 15) is 4.79 Å². The van der Waals surface area contributed by atoms with E-state index in [4.69, 9.17) is 21.1 Å². The Morgan fingerprint density at radius 2 is 1.93 bits per heavy atom. The molecule has 0 radical (unpaired) electrons. The number of aromatic amines is 1. The standard InChI is InChI=1S/C31H32ClN5O3/c1-2-3-19-39-31(38)37-18-13-25-26-20-22(32)7-10-27(26)35-28(25)29(37)21-5-8-23(9-6-21)40-24-11-16-36(17-12-24)30-33-14-4-15-34-30/h4-6,8-10,14-15,20,22,24,29,35H,7,11-13,16-19H2,1H3/t22?,29-/m0/s1. The fraction of sp³-hybridized carbons (Fsp3) is 0.387. The highest BCUT2D eigenvalue weighted by molar-refractivity contribution is 6.24. The van der Waals surface area contributed by atoms with Crippen LogP contribution in [0.3, 0.4) is 0 Å². The lowest BCUT2D eigenvalue weighted by Gasteiger charge is -2.35. The number of aromatic nitrogens is 3. The van der Waals surface area contributed by atoms with Gasteiger partial charge in [-0.05, 0) is 49.1 Å². The van der Waals surface area contributed by atoms with E-state index < -0.39 is 0 Å². The van der Waals surface area contributed by atoms with E-state index in [0.717, 1.165) is 72.3 Å². The van der Waals surface area contributed by atoms with Gasteiger partial charge in [0, 0.05) is 61.1 Å². The summed E-state index contributed by atoms with van der Waals surface area (Å²) in [6, 6.07) is 9.61. The number of rotatable bonds is 5. The van der Waals surface area contributed by atoms with Crippen LogP contribution in [0.5, 0.6) is 5.75 Å². The number of H-pyrrole nitrogens is 1. The van der Waals surface area contributed by atoms with Crippen LogP contribution in [0.2, 0.25) is 0 Å². The third-order valence-corrected chi connectivity index (χ3v) is 8.05. The Balaban J connectivity index is 1.22. The molecule has 0 saturated carbocycles. The molecule has 9 heteroatoms. The van der Waals surface area contributed by atoms with E-state index in [1.165, 1.54) is 5.56 Å². The molecule has 206 valence electrons. The van der Waals surface area contributed by atoms with Crippen LogP contribution in [0, 0.1) is 11.8 Å². The third kappa shape index (κ3) is 5.39. The maximum Gasteiger partial charge on any atom is 0.411 e. The smallest absolute Gasteiger partial charge is 0.411 e. The van der Waals surface area contributed by atoms with Gasteiger partial charge in [-0.1, -0.05) is 30.2 Å². The predicted molar refractivity (Wildman–Crippen MR) is 155 cm³/mol. The zero-order chi connectivity index (χ0) is 27.5. The van der Waals surface area contributed by atoms with E-state index in [1.807, 2.05) is 30.3 Å². The molecule has 4 heterocycles. The number of carbonyl (C=O) groups is 1. The van der Waals surface area contributed by atoms with Crippen molar-refractivity contribution in [2.24, 2.45) is 0 Å². The van der Waals surface area contributed by atoms with Crippen LogP contribution in [0.1, 0.15) is 49.0 Å². The number of fused-ring (bicyclic) bond motifs is 3. The maximum absolute atomic E-state index is 13.2. The van der Waals surface area contributed by atoms with Gasteiger partial charge in [-0.3, -0.25) is 4.90 Å². The van der Waals surface area contributed by atoms with Crippen LogP contribution < -0.4 is 20.2 Å². The molecule has 40 heavy (non-hydrogen) atoms. The number of anilines is 1. The SMILES string of the molecule is CC#CCOC(=O)N1CCc2c([nH]c3c2=CC(Cl)CC=3)[C@@H]1c1ccc(OC2CCN(c3ncccn3)CC2)cc1. The van der Waals surface area contributed by atoms with Crippen molar-refractivity contribution in [1.29, 1.82) is 0 Å². The summed E-state index contributed by atoms with van der Waals surface area (Å²) in [5, 5.41) is 2.21. The predicted octanol–water partition coefficient (Wildman–Crippen LogP) is 3.53. The summed E-state index contributed by atoms with van der Waals surface area (Å²) in [4.78, 5) is 29.5. The number of benzene rings is 1. The first-order valence-corrected chi connectivity index (χ1v) is 14.2. The Morgan fingerprint density at radius 3 is 2.67 bits per heavy atom. The van der Waals surface area contributed by atoms with Crippen molar-refractivity contribution >= 4 is 35.8 Å². The number of piperidine rings is 1. The second kappa shape index (κ2) is 11.6. The van der Waals surface area contributed by atoms with E-state index in [0.29, 0.717) is 6.54 Å². The molecule has 1 amide bonds. The number of hydrogen-bond acceptors (Lipinski definition) is 6. The molecule has 2 atom stereocenters. The van der Waals surface area contributed by atoms with Crippen LogP contribution in [0.15, 0.2) is 42.7 Å². The Kier molecular flexibility index (Phi) is 7.65. The number of hydrogen-bond donors (Lipinski definition) is 1. The topological polar surface area (TPSA) is 83.6 Å². The number of amides is 1. The van der Waals surface area contributed by atoms with Gasteiger partial charge in [-0.15, -0.1) is 17.5 Å². The number of nitrogens with zero attached hydrogens (tertiary/aromatic N) is 4. The molecule has 0 spiro atoms. The summed E-state index contributed by atoms with van der Waals surface area (Å²) in [5.74, 6) is 7.18. The fourth-order valence-electron chi connectivity index (χ4n) is 5.79. The van der Waals surface area contributed by atoms with Gasteiger partial charge in [0.1, 0.15) is 17.9 Å². The molecule has 8 nitrogen and oxygen atoms in total. The number of halogens is 1. The van der Waals surface area contributed by atoms with Crippen LogP contribution in [-0.2, 0) is 11.2 Å². The fourth-order valence-corrected chi connectivity index (χ4v) is 6.01. The highest BCUT2D eigenvalue weighted by atomic mass is 35.5. The lowest BCUT2D eigenvalue weighted by molar-refractivity contribution is 0.0991. The molecule has 3 aliphatic rings. The monoisotopic (exact) mass is 557 g/mol. The summed E-state index contributed by atoms with van der Waals surface area (Å²) < 4.78 is 11.8. The molecular weight excluding hydrogens is 526 g/mol. The minimum atomic E-state index is -0.372. The van der Waals surface area contributed by atoms with Crippen molar-refractivity contribution in [3.8, 4) is 17.6 Å². The molecule has 2 aliphatic heterocycles. The van der Waals surface area contributed by atoms with Gasteiger partial charge in [-0.25, -0.2) is 14.8 Å². The molecule has 3 aromatic rings. The van der Waals surface area contributed by atoms with Crippen molar-refractivity contribution in [1.82, 2.24) is 19.9 Å². The van der Waals surface area contributed by atoms with Gasteiger partial charge in [0.25, 0.3) is 0 Å². The zero-order valence-electron chi connectivity index (χ0n) is 22.5. The highest BCUT2D eigenvalue weighted by Gasteiger charge is 2.35. The summed E-state index contributed by atoms with van der Waals surface area (Å²) in [5.41, 5.74) is 3.22. The third-order valence-electron chi connectivity index (χ3n) is 7.75. The first-order valence-electron chi connectivity index (χ1n) is 13.8. The van der Waals surface area contributed by atoms with Gasteiger partial charge in [-0.2, -0.15) is 0 Å². The van der Waals surface area contributed by atoms with Gasteiger partial charge in [0.15, 0.2) is 6.61 Å². The average Bonchev–Trinajstić information content (AvgIpc) is 3.36.